The van der Waals surface area contributed by atoms with Gasteiger partial charge in [0.1, 0.15) is 5.70 Å². The standard InChI is InChI=1S/C18H13ClN2OS/c19-14-9-11-15(12-10-14)21-17(22)16(20-18(21)23)8-4-7-13-5-2-1-3-6-13/h1-12H,(H,20,23)/b7-4+,16-8-. The summed E-state index contributed by atoms with van der Waals surface area (Å²) in [5, 5.41) is 3.91. The van der Waals surface area contributed by atoms with E-state index < -0.39 is 0 Å². The second-order valence-corrected chi connectivity index (χ2v) is 5.72. The van der Waals surface area contributed by atoms with Crippen LogP contribution in [0, 0.1) is 0 Å². The van der Waals surface area contributed by atoms with E-state index in [0.717, 1.165) is 5.56 Å². The fourth-order valence-electron chi connectivity index (χ4n) is 2.19. The number of benzene rings is 2. The zero-order chi connectivity index (χ0) is 16.2. The Morgan fingerprint density at radius 2 is 1.74 bits per heavy atom. The summed E-state index contributed by atoms with van der Waals surface area (Å²) in [5.41, 5.74) is 2.19. The topological polar surface area (TPSA) is 32.3 Å². The lowest BCUT2D eigenvalue weighted by molar-refractivity contribution is -0.113. The zero-order valence-electron chi connectivity index (χ0n) is 12.1. The van der Waals surface area contributed by atoms with Crippen molar-refractivity contribution in [3.05, 3.63) is 83.0 Å². The van der Waals surface area contributed by atoms with E-state index in [4.69, 9.17) is 23.8 Å². The van der Waals surface area contributed by atoms with Crippen LogP contribution in [-0.2, 0) is 4.79 Å². The molecule has 1 amide bonds. The molecule has 1 fully saturated rings. The van der Waals surface area contributed by atoms with Gasteiger partial charge in [0.05, 0.1) is 5.69 Å². The van der Waals surface area contributed by atoms with E-state index in [9.17, 15) is 4.79 Å². The summed E-state index contributed by atoms with van der Waals surface area (Å²) in [5.74, 6) is -0.185. The van der Waals surface area contributed by atoms with Gasteiger partial charge in [-0.05, 0) is 48.1 Å². The maximum absolute atomic E-state index is 12.5. The summed E-state index contributed by atoms with van der Waals surface area (Å²) < 4.78 is 0. The lowest BCUT2D eigenvalue weighted by atomic mass is 10.2. The molecule has 0 spiro atoms. The third-order valence-corrected chi connectivity index (χ3v) is 3.85. The van der Waals surface area contributed by atoms with Gasteiger partial charge < -0.3 is 5.32 Å². The summed E-state index contributed by atoms with van der Waals surface area (Å²) >= 11 is 11.1. The van der Waals surface area contributed by atoms with Crippen LogP contribution in [0.25, 0.3) is 6.08 Å². The fourth-order valence-corrected chi connectivity index (χ4v) is 2.62. The Morgan fingerprint density at radius 1 is 1.04 bits per heavy atom. The number of rotatable bonds is 3. The van der Waals surface area contributed by atoms with Crippen molar-refractivity contribution < 1.29 is 4.79 Å². The molecular formula is C18H13ClN2OS. The van der Waals surface area contributed by atoms with E-state index in [1.807, 2.05) is 42.5 Å². The van der Waals surface area contributed by atoms with Crippen molar-refractivity contribution >= 4 is 46.6 Å². The van der Waals surface area contributed by atoms with Gasteiger partial charge in [-0.15, -0.1) is 0 Å². The molecule has 2 aromatic carbocycles. The van der Waals surface area contributed by atoms with Gasteiger partial charge in [-0.2, -0.15) is 0 Å². The van der Waals surface area contributed by atoms with Crippen LogP contribution in [0.4, 0.5) is 5.69 Å². The molecule has 0 aliphatic carbocycles. The van der Waals surface area contributed by atoms with Crippen LogP contribution in [0.3, 0.4) is 0 Å². The minimum atomic E-state index is -0.185. The average molecular weight is 341 g/mol. The summed E-state index contributed by atoms with van der Waals surface area (Å²) in [6, 6.07) is 16.8. The molecule has 1 N–H and O–H groups in total. The van der Waals surface area contributed by atoms with Gasteiger partial charge in [-0.25, -0.2) is 0 Å². The van der Waals surface area contributed by atoms with Crippen LogP contribution in [0.5, 0.6) is 0 Å². The third-order valence-electron chi connectivity index (χ3n) is 3.31. The zero-order valence-corrected chi connectivity index (χ0v) is 13.6. The van der Waals surface area contributed by atoms with Gasteiger partial charge in [0.15, 0.2) is 5.11 Å². The Hall–Kier alpha value is -2.43. The molecule has 0 radical (unpaired) electrons. The Bertz CT molecular complexity index is 798. The van der Waals surface area contributed by atoms with Crippen molar-refractivity contribution in [1.82, 2.24) is 5.32 Å². The summed E-state index contributed by atoms with van der Waals surface area (Å²) in [6.07, 6.45) is 5.47. The molecule has 114 valence electrons. The smallest absolute Gasteiger partial charge is 0.281 e. The van der Waals surface area contributed by atoms with Crippen LogP contribution in [0.2, 0.25) is 5.02 Å². The first-order valence-corrected chi connectivity index (χ1v) is 7.78. The average Bonchev–Trinajstić information content (AvgIpc) is 2.84. The number of halogens is 1. The lowest BCUT2D eigenvalue weighted by Crippen LogP contribution is -2.30. The van der Waals surface area contributed by atoms with Crippen LogP contribution in [-0.4, -0.2) is 11.0 Å². The van der Waals surface area contributed by atoms with Crippen LogP contribution in [0.15, 0.2) is 72.4 Å². The van der Waals surface area contributed by atoms with Gasteiger partial charge in [-0.3, -0.25) is 9.69 Å². The van der Waals surface area contributed by atoms with E-state index in [1.54, 1.807) is 30.3 Å². The van der Waals surface area contributed by atoms with E-state index in [1.165, 1.54) is 4.90 Å². The predicted octanol–water partition coefficient (Wildman–Crippen LogP) is 4.16. The minimum absolute atomic E-state index is 0.185. The highest BCUT2D eigenvalue weighted by atomic mass is 35.5. The quantitative estimate of drug-likeness (QED) is 0.672. The van der Waals surface area contributed by atoms with E-state index in [0.29, 0.717) is 21.5 Å². The number of carbonyl (C=O) groups is 1. The van der Waals surface area contributed by atoms with Gasteiger partial charge in [0, 0.05) is 5.02 Å². The highest BCUT2D eigenvalue weighted by Crippen LogP contribution is 2.23. The van der Waals surface area contributed by atoms with Gasteiger partial charge in [-0.1, -0.05) is 54.1 Å². The van der Waals surface area contributed by atoms with Gasteiger partial charge >= 0.3 is 0 Å². The number of anilines is 1. The number of nitrogens with one attached hydrogen (secondary N) is 1. The molecule has 1 saturated heterocycles. The fraction of sp³-hybridized carbons (Fsp3) is 0. The van der Waals surface area contributed by atoms with Crippen molar-refractivity contribution in [3.8, 4) is 0 Å². The van der Waals surface area contributed by atoms with Crippen molar-refractivity contribution in [2.75, 3.05) is 4.90 Å². The molecule has 3 rings (SSSR count). The Morgan fingerprint density at radius 3 is 2.43 bits per heavy atom. The Kier molecular flexibility index (Phi) is 4.55. The van der Waals surface area contributed by atoms with Gasteiger partial charge in [0.2, 0.25) is 0 Å². The number of allylic oxidation sites excluding steroid dienone is 2. The number of amides is 1. The minimum Gasteiger partial charge on any atom is -0.327 e. The van der Waals surface area contributed by atoms with Crippen molar-refractivity contribution in [2.45, 2.75) is 0 Å². The number of hydrogen-bond donors (Lipinski definition) is 1. The maximum atomic E-state index is 12.5. The molecule has 3 nitrogen and oxygen atoms in total. The van der Waals surface area contributed by atoms with E-state index >= 15 is 0 Å². The molecule has 1 aliphatic rings. The largest absolute Gasteiger partial charge is 0.327 e. The molecule has 0 saturated carbocycles. The highest BCUT2D eigenvalue weighted by molar-refractivity contribution is 7.80. The number of carbonyl (C=O) groups excluding carboxylic acids is 1. The number of thiocarbonyl (C=S) groups is 1. The molecule has 0 unspecified atom stereocenters. The lowest BCUT2D eigenvalue weighted by Gasteiger charge is -2.13. The number of nitrogens with zero attached hydrogens (tertiary/aromatic N) is 1. The number of hydrogen-bond acceptors (Lipinski definition) is 2. The van der Waals surface area contributed by atoms with E-state index in [-0.39, 0.29) is 5.91 Å². The second kappa shape index (κ2) is 6.77. The van der Waals surface area contributed by atoms with Crippen LogP contribution >= 0.6 is 23.8 Å². The Balaban J connectivity index is 1.79. The van der Waals surface area contributed by atoms with Crippen molar-refractivity contribution in [3.63, 3.8) is 0 Å². The summed E-state index contributed by atoms with van der Waals surface area (Å²) in [7, 11) is 0. The second-order valence-electron chi connectivity index (χ2n) is 4.90. The molecule has 1 heterocycles. The highest BCUT2D eigenvalue weighted by Gasteiger charge is 2.31. The molecule has 5 heteroatoms. The van der Waals surface area contributed by atoms with Crippen LogP contribution in [0.1, 0.15) is 5.56 Å². The SMILES string of the molecule is O=C1/C(=C/C=C/c2ccccc2)NC(=S)N1c1ccc(Cl)cc1. The predicted molar refractivity (Wildman–Crippen MR) is 98.2 cm³/mol. The maximum Gasteiger partial charge on any atom is 0.281 e. The Labute approximate surface area is 144 Å². The monoisotopic (exact) mass is 340 g/mol. The molecule has 23 heavy (non-hydrogen) atoms. The molecule has 1 aliphatic heterocycles. The summed E-state index contributed by atoms with van der Waals surface area (Å²) in [6.45, 7) is 0. The first kappa shape index (κ1) is 15.5. The molecular weight excluding hydrogens is 328 g/mol. The normalized spacial score (nSPS) is 16.4. The molecule has 2 aromatic rings. The van der Waals surface area contributed by atoms with Crippen molar-refractivity contribution in [2.24, 2.45) is 0 Å². The summed E-state index contributed by atoms with van der Waals surface area (Å²) in [4.78, 5) is 13.9. The van der Waals surface area contributed by atoms with E-state index in [2.05, 4.69) is 5.32 Å². The van der Waals surface area contributed by atoms with Crippen LogP contribution < -0.4 is 10.2 Å². The molecule has 0 atom stereocenters. The first-order chi connectivity index (χ1) is 11.1. The first-order valence-electron chi connectivity index (χ1n) is 6.99. The van der Waals surface area contributed by atoms with Crippen molar-refractivity contribution in [1.29, 1.82) is 0 Å². The third kappa shape index (κ3) is 3.50. The van der Waals surface area contributed by atoms with Gasteiger partial charge in [0.25, 0.3) is 5.91 Å². The molecule has 0 aromatic heterocycles. The molecule has 0 bridgehead atoms.